The van der Waals surface area contributed by atoms with Gasteiger partial charge in [-0.15, -0.1) is 0 Å². The fourth-order valence-electron chi connectivity index (χ4n) is 1.53. The molecule has 1 aromatic heterocycles. The molecule has 1 atom stereocenters. The molecule has 0 amide bonds. The van der Waals surface area contributed by atoms with E-state index < -0.39 is 6.10 Å². The predicted molar refractivity (Wildman–Crippen MR) is 61.0 cm³/mol. The van der Waals surface area contributed by atoms with Crippen LogP contribution in [0.1, 0.15) is 17.4 Å². The minimum Gasteiger partial charge on any atom is -0.508 e. The summed E-state index contributed by atoms with van der Waals surface area (Å²) < 4.78 is 0. The standard InChI is InChI=1S/C13H13NO2/c15-12-6-4-10(5-7-12)13(16)9-11-3-1-2-8-14-11/h1-8,13,15-16H,9H2. The molecule has 0 radical (unpaired) electrons. The van der Waals surface area contributed by atoms with Crippen LogP contribution in [0.3, 0.4) is 0 Å². The van der Waals surface area contributed by atoms with Gasteiger partial charge in [0.1, 0.15) is 5.75 Å². The third-order valence-corrected chi connectivity index (χ3v) is 2.41. The van der Waals surface area contributed by atoms with Gasteiger partial charge in [0.15, 0.2) is 0 Å². The Hall–Kier alpha value is -1.87. The molecule has 1 aromatic carbocycles. The van der Waals surface area contributed by atoms with E-state index in [2.05, 4.69) is 4.98 Å². The van der Waals surface area contributed by atoms with E-state index in [1.165, 1.54) is 0 Å². The van der Waals surface area contributed by atoms with Gasteiger partial charge in [0.2, 0.25) is 0 Å². The van der Waals surface area contributed by atoms with Crippen molar-refractivity contribution in [3.8, 4) is 5.75 Å². The van der Waals surface area contributed by atoms with Gasteiger partial charge in [-0.2, -0.15) is 0 Å². The van der Waals surface area contributed by atoms with Crippen LogP contribution in [0.2, 0.25) is 0 Å². The smallest absolute Gasteiger partial charge is 0.115 e. The highest BCUT2D eigenvalue weighted by molar-refractivity contribution is 5.27. The second-order valence-electron chi connectivity index (χ2n) is 3.63. The number of aromatic nitrogens is 1. The van der Waals surface area contributed by atoms with E-state index in [9.17, 15) is 5.11 Å². The first-order chi connectivity index (χ1) is 7.75. The Morgan fingerprint density at radius 2 is 1.81 bits per heavy atom. The molecule has 3 nitrogen and oxygen atoms in total. The van der Waals surface area contributed by atoms with E-state index in [1.807, 2.05) is 18.2 Å². The molecule has 0 saturated carbocycles. The number of phenols is 1. The summed E-state index contributed by atoms with van der Waals surface area (Å²) in [5.41, 5.74) is 1.63. The van der Waals surface area contributed by atoms with Crippen LogP contribution >= 0.6 is 0 Å². The average molecular weight is 215 g/mol. The number of aliphatic hydroxyl groups excluding tert-OH is 1. The van der Waals surface area contributed by atoms with Gasteiger partial charge in [-0.25, -0.2) is 0 Å². The van der Waals surface area contributed by atoms with E-state index >= 15 is 0 Å². The monoisotopic (exact) mass is 215 g/mol. The Balaban J connectivity index is 2.09. The van der Waals surface area contributed by atoms with Crippen molar-refractivity contribution in [2.75, 3.05) is 0 Å². The number of benzene rings is 1. The summed E-state index contributed by atoms with van der Waals surface area (Å²) in [6, 6.07) is 12.2. The molecule has 2 aromatic rings. The van der Waals surface area contributed by atoms with Crippen LogP contribution in [0.25, 0.3) is 0 Å². The van der Waals surface area contributed by atoms with Gasteiger partial charge < -0.3 is 10.2 Å². The number of rotatable bonds is 3. The molecule has 0 spiro atoms. The molecule has 3 heteroatoms. The van der Waals surface area contributed by atoms with Gasteiger partial charge in [0.25, 0.3) is 0 Å². The third kappa shape index (κ3) is 2.58. The van der Waals surface area contributed by atoms with Crippen molar-refractivity contribution in [1.29, 1.82) is 0 Å². The zero-order valence-corrected chi connectivity index (χ0v) is 8.74. The summed E-state index contributed by atoms with van der Waals surface area (Å²) in [6.45, 7) is 0. The van der Waals surface area contributed by atoms with Crippen LogP contribution in [0.4, 0.5) is 0 Å². The van der Waals surface area contributed by atoms with Gasteiger partial charge >= 0.3 is 0 Å². The molecule has 0 aliphatic rings. The number of aromatic hydroxyl groups is 1. The van der Waals surface area contributed by atoms with E-state index in [4.69, 9.17) is 5.11 Å². The Morgan fingerprint density at radius 3 is 2.44 bits per heavy atom. The summed E-state index contributed by atoms with van der Waals surface area (Å²) in [7, 11) is 0. The lowest BCUT2D eigenvalue weighted by Gasteiger charge is -2.10. The predicted octanol–water partition coefficient (Wildman–Crippen LogP) is 2.06. The molecular formula is C13H13NO2. The molecule has 1 unspecified atom stereocenters. The van der Waals surface area contributed by atoms with E-state index in [0.717, 1.165) is 11.3 Å². The second kappa shape index (κ2) is 4.77. The van der Waals surface area contributed by atoms with E-state index in [1.54, 1.807) is 30.5 Å². The van der Waals surface area contributed by atoms with Crippen molar-refractivity contribution in [2.24, 2.45) is 0 Å². The summed E-state index contributed by atoms with van der Waals surface area (Å²) >= 11 is 0. The van der Waals surface area contributed by atoms with Crippen LogP contribution in [0.5, 0.6) is 5.75 Å². The van der Waals surface area contributed by atoms with Gasteiger partial charge in [0, 0.05) is 18.3 Å². The molecule has 0 aliphatic heterocycles. The van der Waals surface area contributed by atoms with Gasteiger partial charge in [-0.05, 0) is 29.8 Å². The number of nitrogens with zero attached hydrogens (tertiary/aromatic N) is 1. The lowest BCUT2D eigenvalue weighted by molar-refractivity contribution is 0.177. The van der Waals surface area contributed by atoms with Crippen molar-refractivity contribution in [1.82, 2.24) is 4.98 Å². The van der Waals surface area contributed by atoms with Crippen molar-refractivity contribution in [2.45, 2.75) is 12.5 Å². The molecule has 1 heterocycles. The SMILES string of the molecule is Oc1ccc(C(O)Cc2ccccn2)cc1. The first-order valence-electron chi connectivity index (χ1n) is 5.12. The van der Waals surface area contributed by atoms with Gasteiger partial charge in [0.05, 0.1) is 6.10 Å². The quantitative estimate of drug-likeness (QED) is 0.824. The first-order valence-corrected chi connectivity index (χ1v) is 5.12. The lowest BCUT2D eigenvalue weighted by Crippen LogP contribution is -2.02. The Bertz CT molecular complexity index is 439. The van der Waals surface area contributed by atoms with Crippen LogP contribution in [-0.4, -0.2) is 15.2 Å². The highest BCUT2D eigenvalue weighted by atomic mass is 16.3. The zero-order valence-electron chi connectivity index (χ0n) is 8.74. The number of pyridine rings is 1. The summed E-state index contributed by atoms with van der Waals surface area (Å²) in [6.07, 6.45) is 1.60. The number of phenolic OH excluding ortho intramolecular Hbond substituents is 1. The summed E-state index contributed by atoms with van der Waals surface area (Å²) in [5.74, 6) is 0.203. The van der Waals surface area contributed by atoms with E-state index in [-0.39, 0.29) is 5.75 Å². The Labute approximate surface area is 94.0 Å². The van der Waals surface area contributed by atoms with Crippen molar-refractivity contribution < 1.29 is 10.2 Å². The molecule has 2 rings (SSSR count). The molecule has 82 valence electrons. The molecule has 2 N–H and O–H groups in total. The maximum absolute atomic E-state index is 9.94. The summed E-state index contributed by atoms with van der Waals surface area (Å²) in [4.78, 5) is 4.15. The molecule has 0 aliphatic carbocycles. The van der Waals surface area contributed by atoms with Crippen LogP contribution in [0.15, 0.2) is 48.7 Å². The minimum atomic E-state index is -0.588. The summed E-state index contributed by atoms with van der Waals surface area (Å²) in [5, 5.41) is 19.1. The number of hydrogen-bond donors (Lipinski definition) is 2. The second-order valence-corrected chi connectivity index (χ2v) is 3.63. The highest BCUT2D eigenvalue weighted by Gasteiger charge is 2.08. The Kier molecular flexibility index (Phi) is 3.17. The van der Waals surface area contributed by atoms with Crippen molar-refractivity contribution >= 4 is 0 Å². The fraction of sp³-hybridized carbons (Fsp3) is 0.154. The molecule has 0 bridgehead atoms. The highest BCUT2D eigenvalue weighted by Crippen LogP contribution is 2.19. The maximum Gasteiger partial charge on any atom is 0.115 e. The van der Waals surface area contributed by atoms with Crippen LogP contribution in [0, 0.1) is 0 Å². The zero-order chi connectivity index (χ0) is 11.4. The van der Waals surface area contributed by atoms with Crippen LogP contribution in [-0.2, 0) is 6.42 Å². The van der Waals surface area contributed by atoms with E-state index in [0.29, 0.717) is 6.42 Å². The molecule has 0 fully saturated rings. The largest absolute Gasteiger partial charge is 0.508 e. The van der Waals surface area contributed by atoms with Crippen LogP contribution < -0.4 is 0 Å². The molecule has 16 heavy (non-hydrogen) atoms. The topological polar surface area (TPSA) is 53.4 Å². The van der Waals surface area contributed by atoms with Crippen molar-refractivity contribution in [3.63, 3.8) is 0 Å². The Morgan fingerprint density at radius 1 is 1.06 bits per heavy atom. The number of aliphatic hydroxyl groups is 1. The third-order valence-electron chi connectivity index (χ3n) is 2.41. The normalized spacial score (nSPS) is 12.3. The van der Waals surface area contributed by atoms with Gasteiger partial charge in [-0.1, -0.05) is 18.2 Å². The fourth-order valence-corrected chi connectivity index (χ4v) is 1.53. The maximum atomic E-state index is 9.94. The lowest BCUT2D eigenvalue weighted by atomic mass is 10.0. The molecule has 0 saturated heterocycles. The average Bonchev–Trinajstić information content (AvgIpc) is 2.31. The minimum absolute atomic E-state index is 0.203. The first kappa shape index (κ1) is 10.6. The van der Waals surface area contributed by atoms with Gasteiger partial charge in [-0.3, -0.25) is 4.98 Å². The van der Waals surface area contributed by atoms with Crippen molar-refractivity contribution in [3.05, 3.63) is 59.9 Å². The molecular weight excluding hydrogens is 202 g/mol. The number of hydrogen-bond acceptors (Lipinski definition) is 3.